The number of nitrogens with one attached hydrogen (secondary N) is 1. The summed E-state index contributed by atoms with van der Waals surface area (Å²) in [6, 6.07) is 0. The van der Waals surface area contributed by atoms with Gasteiger partial charge in [0, 0.05) is 26.7 Å². The van der Waals surface area contributed by atoms with Crippen molar-refractivity contribution >= 4 is 0 Å². The second-order valence-electron chi connectivity index (χ2n) is 2.32. The number of hydrogen-bond donors (Lipinski definition) is 1. The highest BCUT2D eigenvalue weighted by Crippen LogP contribution is 1.97. The Balaban J connectivity index is 2.23. The maximum Gasteiger partial charge on any atom is 0.120 e. The van der Waals surface area contributed by atoms with E-state index in [2.05, 4.69) is 17.3 Å². The minimum Gasteiger partial charge on any atom is -0.365 e. The van der Waals surface area contributed by atoms with Gasteiger partial charge in [0.2, 0.25) is 0 Å². The monoisotopic (exact) mass is 129 g/mol. The molecule has 1 rings (SSSR count). The number of nitrogens with zero attached hydrogens (tertiary/aromatic N) is 1. The molecule has 1 N–H and O–H groups in total. The lowest BCUT2D eigenvalue weighted by Gasteiger charge is -2.29. The quantitative estimate of drug-likeness (QED) is 0.524. The summed E-state index contributed by atoms with van der Waals surface area (Å²) in [5.41, 5.74) is 0. The van der Waals surface area contributed by atoms with Crippen molar-refractivity contribution in [2.24, 2.45) is 0 Å². The van der Waals surface area contributed by atoms with Gasteiger partial charge in [-0.1, -0.05) is 0 Å². The molecule has 0 spiro atoms. The lowest BCUT2D eigenvalue weighted by atomic mass is 10.4. The molecule has 0 aromatic carbocycles. The third-order valence-electron chi connectivity index (χ3n) is 1.47. The van der Waals surface area contributed by atoms with Crippen molar-refractivity contribution in [1.29, 1.82) is 0 Å². The van der Waals surface area contributed by atoms with Crippen LogP contribution in [-0.2, 0) is 4.74 Å². The molecule has 0 aromatic heterocycles. The molecule has 0 saturated carbocycles. The van der Waals surface area contributed by atoms with Crippen molar-refractivity contribution in [1.82, 2.24) is 10.2 Å². The van der Waals surface area contributed by atoms with E-state index in [1.54, 1.807) is 7.11 Å². The third kappa shape index (κ3) is 1.93. The van der Waals surface area contributed by atoms with Crippen LogP contribution in [0.4, 0.5) is 0 Å². The number of methoxy groups -OCH3 is 1. The minimum atomic E-state index is 0.184. The van der Waals surface area contributed by atoms with Gasteiger partial charge in [-0.05, 0) is 7.05 Å². The molecule has 1 aliphatic rings. The summed E-state index contributed by atoms with van der Waals surface area (Å²) in [6.07, 6.45) is 0.184. The van der Waals surface area contributed by atoms with Crippen LogP contribution < -0.4 is 5.32 Å². The Morgan fingerprint density at radius 1 is 1.78 bits per heavy atom. The fourth-order valence-electron chi connectivity index (χ4n) is 0.893. The first kappa shape index (κ1) is 6.99. The number of hydrogen-bond acceptors (Lipinski definition) is 3. The largest absolute Gasteiger partial charge is 0.365 e. The molecule has 1 fully saturated rings. The zero-order chi connectivity index (χ0) is 6.69. The van der Waals surface area contributed by atoms with Gasteiger partial charge in [-0.2, -0.15) is 0 Å². The summed E-state index contributed by atoms with van der Waals surface area (Å²) in [4.78, 5) is 2.20. The lowest BCUT2D eigenvalue weighted by molar-refractivity contribution is 0.0361. The van der Waals surface area contributed by atoms with Crippen LogP contribution in [-0.4, -0.2) is 38.4 Å². The van der Waals surface area contributed by atoms with Crippen molar-refractivity contribution in [3.05, 3.63) is 6.54 Å². The van der Waals surface area contributed by atoms with Crippen molar-refractivity contribution in [3.8, 4) is 0 Å². The fraction of sp³-hybridized carbons (Fsp3) is 0.833. The van der Waals surface area contributed by atoms with E-state index in [0.29, 0.717) is 0 Å². The van der Waals surface area contributed by atoms with Crippen LogP contribution in [0.25, 0.3) is 0 Å². The summed E-state index contributed by atoms with van der Waals surface area (Å²) >= 11 is 0. The molecule has 9 heavy (non-hydrogen) atoms. The summed E-state index contributed by atoms with van der Waals surface area (Å²) in [5, 5.41) is 3.11. The minimum absolute atomic E-state index is 0.184. The maximum absolute atomic E-state index is 5.08. The number of likely N-dealkylation sites (N-methyl/N-ethyl adjacent to an activating group) is 1. The molecule has 3 nitrogen and oxygen atoms in total. The summed E-state index contributed by atoms with van der Waals surface area (Å²) < 4.78 is 5.08. The van der Waals surface area contributed by atoms with E-state index in [1.165, 1.54) is 0 Å². The molecule has 0 aliphatic carbocycles. The van der Waals surface area contributed by atoms with Crippen molar-refractivity contribution < 1.29 is 4.74 Å². The zero-order valence-corrected chi connectivity index (χ0v) is 5.92. The second kappa shape index (κ2) is 3.15. The highest BCUT2D eigenvalue weighted by molar-refractivity contribution is 4.77. The molecule has 0 aromatic rings. The Kier molecular flexibility index (Phi) is 2.45. The van der Waals surface area contributed by atoms with E-state index in [-0.39, 0.29) is 6.23 Å². The SMILES string of the molecule is COC1CN(C)C[CH]N1. The molecule has 1 aliphatic heterocycles. The molecule has 3 heteroatoms. The van der Waals surface area contributed by atoms with E-state index in [4.69, 9.17) is 4.74 Å². The van der Waals surface area contributed by atoms with E-state index in [0.717, 1.165) is 13.1 Å². The first-order valence-electron chi connectivity index (χ1n) is 3.12. The zero-order valence-electron chi connectivity index (χ0n) is 5.92. The number of rotatable bonds is 1. The van der Waals surface area contributed by atoms with Gasteiger partial charge in [0.15, 0.2) is 0 Å². The van der Waals surface area contributed by atoms with E-state index in [1.807, 2.05) is 6.54 Å². The normalized spacial score (nSPS) is 30.7. The van der Waals surface area contributed by atoms with Crippen LogP contribution in [0.2, 0.25) is 0 Å². The van der Waals surface area contributed by atoms with E-state index < -0.39 is 0 Å². The first-order chi connectivity index (χ1) is 4.33. The van der Waals surface area contributed by atoms with Gasteiger partial charge in [-0.15, -0.1) is 0 Å². The standard InChI is InChI=1S/C6H13N2O/c1-8-4-3-7-6(5-8)9-2/h3,6-7H,4-5H2,1-2H3. The Morgan fingerprint density at radius 2 is 2.56 bits per heavy atom. The molecule has 1 unspecified atom stereocenters. The molecule has 1 atom stereocenters. The average Bonchev–Trinajstić information content (AvgIpc) is 1.88. The van der Waals surface area contributed by atoms with E-state index >= 15 is 0 Å². The van der Waals surface area contributed by atoms with Crippen molar-refractivity contribution in [3.63, 3.8) is 0 Å². The van der Waals surface area contributed by atoms with E-state index in [9.17, 15) is 0 Å². The van der Waals surface area contributed by atoms with Crippen LogP contribution >= 0.6 is 0 Å². The second-order valence-corrected chi connectivity index (χ2v) is 2.32. The predicted molar refractivity (Wildman–Crippen MR) is 35.7 cm³/mol. The first-order valence-corrected chi connectivity index (χ1v) is 3.12. The lowest BCUT2D eigenvalue weighted by Crippen LogP contribution is -2.47. The van der Waals surface area contributed by atoms with Crippen molar-refractivity contribution in [2.75, 3.05) is 27.2 Å². The molecular formula is C6H13N2O. The fourth-order valence-corrected chi connectivity index (χ4v) is 0.893. The number of ether oxygens (including phenoxy) is 1. The van der Waals surface area contributed by atoms with Gasteiger partial charge in [0.1, 0.15) is 6.23 Å². The van der Waals surface area contributed by atoms with Crippen LogP contribution in [0.15, 0.2) is 0 Å². The smallest absolute Gasteiger partial charge is 0.120 e. The van der Waals surface area contributed by atoms with Crippen LogP contribution in [0.1, 0.15) is 0 Å². The molecular weight excluding hydrogens is 116 g/mol. The summed E-state index contributed by atoms with van der Waals surface area (Å²) in [5.74, 6) is 0. The molecule has 1 saturated heterocycles. The number of piperazine rings is 1. The molecule has 0 amide bonds. The molecule has 1 heterocycles. The Morgan fingerprint density at radius 3 is 3.00 bits per heavy atom. The summed E-state index contributed by atoms with van der Waals surface area (Å²) in [7, 11) is 3.79. The van der Waals surface area contributed by atoms with Gasteiger partial charge in [0.05, 0.1) is 0 Å². The highest BCUT2D eigenvalue weighted by Gasteiger charge is 2.14. The van der Waals surface area contributed by atoms with Crippen LogP contribution in [0, 0.1) is 6.54 Å². The van der Waals surface area contributed by atoms with Gasteiger partial charge in [0.25, 0.3) is 0 Å². The van der Waals surface area contributed by atoms with Crippen LogP contribution in [0.3, 0.4) is 0 Å². The Labute approximate surface area is 56.0 Å². The molecule has 1 radical (unpaired) electrons. The van der Waals surface area contributed by atoms with Gasteiger partial charge < -0.3 is 9.64 Å². The predicted octanol–water partition coefficient (Wildman–Crippen LogP) is -0.344. The average molecular weight is 129 g/mol. The van der Waals surface area contributed by atoms with Crippen molar-refractivity contribution in [2.45, 2.75) is 6.23 Å². The molecule has 0 bridgehead atoms. The Hall–Kier alpha value is -0.120. The van der Waals surface area contributed by atoms with Crippen LogP contribution in [0.5, 0.6) is 0 Å². The maximum atomic E-state index is 5.08. The van der Waals surface area contributed by atoms with Gasteiger partial charge in [-0.3, -0.25) is 5.32 Å². The van der Waals surface area contributed by atoms with Gasteiger partial charge >= 0.3 is 0 Å². The highest BCUT2D eigenvalue weighted by atomic mass is 16.5. The third-order valence-corrected chi connectivity index (χ3v) is 1.47. The Bertz CT molecular complexity index is 87.1. The topological polar surface area (TPSA) is 24.5 Å². The summed E-state index contributed by atoms with van der Waals surface area (Å²) in [6.45, 7) is 3.98. The van der Waals surface area contributed by atoms with Gasteiger partial charge in [-0.25, -0.2) is 0 Å². The molecule has 53 valence electrons.